The van der Waals surface area contributed by atoms with Crippen LogP contribution in [0.2, 0.25) is 0 Å². The van der Waals surface area contributed by atoms with Gasteiger partial charge in [0.15, 0.2) is 0 Å². The Balaban J connectivity index is 0.987. The molecule has 3 heterocycles. The third-order valence-electron chi connectivity index (χ3n) is 10.6. The van der Waals surface area contributed by atoms with E-state index in [0.717, 1.165) is 21.8 Å². The van der Waals surface area contributed by atoms with E-state index in [1.807, 2.05) is 6.07 Å². The molecule has 3 nitrogen and oxygen atoms in total. The largest absolute Gasteiger partial charge is 0.309 e. The first-order valence-electron chi connectivity index (χ1n) is 18.0. The van der Waals surface area contributed by atoms with Crippen LogP contribution in [0.4, 0.5) is 0 Å². The van der Waals surface area contributed by atoms with Crippen molar-refractivity contribution in [2.75, 3.05) is 0 Å². The molecule has 0 saturated carbocycles. The Morgan fingerprint density at radius 2 is 0.830 bits per heavy atom. The van der Waals surface area contributed by atoms with Crippen molar-refractivity contribution in [2.24, 2.45) is 0 Å². The minimum absolute atomic E-state index is 1.05. The molecule has 0 saturated heterocycles. The van der Waals surface area contributed by atoms with Crippen molar-refractivity contribution in [2.45, 2.75) is 0 Å². The van der Waals surface area contributed by atoms with E-state index in [1.165, 1.54) is 76.3 Å². The summed E-state index contributed by atoms with van der Waals surface area (Å²) < 4.78 is 5.96. The number of nitrogens with zero attached hydrogens (tertiary/aromatic N) is 3. The molecule has 11 rings (SSSR count). The highest BCUT2D eigenvalue weighted by molar-refractivity contribution is 7.21. The zero-order valence-corrected chi connectivity index (χ0v) is 29.5. The highest BCUT2D eigenvalue weighted by Crippen LogP contribution is 2.39. The first-order chi connectivity index (χ1) is 26.3. The molecule has 0 fully saturated rings. The zero-order chi connectivity index (χ0) is 34.9. The average Bonchev–Trinajstić information content (AvgIpc) is 3.91. The van der Waals surface area contributed by atoms with E-state index in [1.54, 1.807) is 11.3 Å². The maximum absolute atomic E-state index is 4.89. The molecule has 0 aliphatic rings. The van der Waals surface area contributed by atoms with Crippen LogP contribution in [0.5, 0.6) is 0 Å². The van der Waals surface area contributed by atoms with Crippen LogP contribution in [0, 0.1) is 0 Å². The molecule has 0 unspecified atom stereocenters. The Morgan fingerprint density at radius 3 is 1.45 bits per heavy atom. The number of fused-ring (bicyclic) bond motifs is 7. The van der Waals surface area contributed by atoms with E-state index in [4.69, 9.17) is 4.98 Å². The highest BCUT2D eigenvalue weighted by atomic mass is 32.1. The molecule has 0 aliphatic heterocycles. The summed E-state index contributed by atoms with van der Waals surface area (Å²) in [6, 6.07) is 68.0. The molecule has 0 atom stereocenters. The molecule has 0 spiro atoms. The van der Waals surface area contributed by atoms with Gasteiger partial charge >= 0.3 is 0 Å². The SMILES string of the molecule is c1ccc(-n2c3ccccc3c3cc(-c4cccc(-c5ccc6c(c5)c5ccccc5n6-c5ccc(-c6nc7ccccc7s6)cc5)c4)ccc32)cc1. The molecule has 0 radical (unpaired) electrons. The first-order valence-corrected chi connectivity index (χ1v) is 18.8. The number of hydrogen-bond acceptors (Lipinski definition) is 2. The van der Waals surface area contributed by atoms with Crippen LogP contribution in [-0.2, 0) is 0 Å². The van der Waals surface area contributed by atoms with Gasteiger partial charge in [-0.25, -0.2) is 4.98 Å². The Morgan fingerprint density at radius 1 is 0.340 bits per heavy atom. The first kappa shape index (κ1) is 29.9. The van der Waals surface area contributed by atoms with Crippen LogP contribution in [0.3, 0.4) is 0 Å². The van der Waals surface area contributed by atoms with Crippen molar-refractivity contribution < 1.29 is 0 Å². The molecule has 4 heteroatoms. The van der Waals surface area contributed by atoms with Gasteiger partial charge in [0.25, 0.3) is 0 Å². The van der Waals surface area contributed by atoms with Gasteiger partial charge in [-0.15, -0.1) is 11.3 Å². The summed E-state index contributed by atoms with van der Waals surface area (Å²) in [6.45, 7) is 0. The molecule has 248 valence electrons. The van der Waals surface area contributed by atoms with Gasteiger partial charge in [-0.3, -0.25) is 0 Å². The van der Waals surface area contributed by atoms with Crippen LogP contribution in [0.1, 0.15) is 0 Å². The Bertz CT molecular complexity index is 3130. The summed E-state index contributed by atoms with van der Waals surface area (Å²) in [4.78, 5) is 4.89. The van der Waals surface area contributed by atoms with Gasteiger partial charge in [0.05, 0.1) is 32.3 Å². The number of para-hydroxylation sites is 4. The second-order valence-electron chi connectivity index (χ2n) is 13.6. The van der Waals surface area contributed by atoms with Crippen LogP contribution in [0.25, 0.3) is 98.0 Å². The van der Waals surface area contributed by atoms with Crippen molar-refractivity contribution in [3.8, 4) is 44.2 Å². The van der Waals surface area contributed by atoms with E-state index in [-0.39, 0.29) is 0 Å². The number of aromatic nitrogens is 3. The van der Waals surface area contributed by atoms with Crippen molar-refractivity contribution in [3.63, 3.8) is 0 Å². The van der Waals surface area contributed by atoms with Gasteiger partial charge < -0.3 is 9.13 Å². The third-order valence-corrected chi connectivity index (χ3v) is 11.6. The number of rotatable bonds is 5. The molecule has 0 amide bonds. The van der Waals surface area contributed by atoms with Gasteiger partial charge in [-0.2, -0.15) is 0 Å². The monoisotopic (exact) mass is 693 g/mol. The molecule has 0 bridgehead atoms. The van der Waals surface area contributed by atoms with Gasteiger partial charge in [-0.1, -0.05) is 97.1 Å². The predicted molar refractivity (Wildman–Crippen MR) is 225 cm³/mol. The van der Waals surface area contributed by atoms with Crippen LogP contribution < -0.4 is 0 Å². The summed E-state index contributed by atoms with van der Waals surface area (Å²) in [7, 11) is 0. The number of benzene rings is 8. The fraction of sp³-hybridized carbons (Fsp3) is 0. The number of hydrogen-bond donors (Lipinski definition) is 0. The van der Waals surface area contributed by atoms with Gasteiger partial charge in [0.2, 0.25) is 0 Å². The second-order valence-corrected chi connectivity index (χ2v) is 14.6. The third kappa shape index (κ3) is 4.84. The fourth-order valence-electron chi connectivity index (χ4n) is 8.07. The highest BCUT2D eigenvalue weighted by Gasteiger charge is 2.16. The van der Waals surface area contributed by atoms with Crippen molar-refractivity contribution in [1.82, 2.24) is 14.1 Å². The molecular formula is C49H31N3S. The lowest BCUT2D eigenvalue weighted by Crippen LogP contribution is -1.93. The lowest BCUT2D eigenvalue weighted by atomic mass is 9.97. The number of thiazole rings is 1. The van der Waals surface area contributed by atoms with E-state index < -0.39 is 0 Å². The Kier molecular flexibility index (Phi) is 6.73. The van der Waals surface area contributed by atoms with Gasteiger partial charge in [0, 0.05) is 38.5 Å². The summed E-state index contributed by atoms with van der Waals surface area (Å²) in [5, 5.41) is 6.06. The lowest BCUT2D eigenvalue weighted by molar-refractivity contribution is 1.18. The molecule has 3 aromatic heterocycles. The van der Waals surface area contributed by atoms with Crippen molar-refractivity contribution >= 4 is 65.2 Å². The quantitative estimate of drug-likeness (QED) is 0.176. The average molecular weight is 694 g/mol. The van der Waals surface area contributed by atoms with Crippen molar-refractivity contribution in [3.05, 3.63) is 188 Å². The fourth-order valence-corrected chi connectivity index (χ4v) is 9.04. The zero-order valence-electron chi connectivity index (χ0n) is 28.6. The Hall–Kier alpha value is -6.75. The van der Waals surface area contributed by atoms with E-state index >= 15 is 0 Å². The van der Waals surface area contributed by atoms with E-state index in [0.29, 0.717) is 0 Å². The summed E-state index contributed by atoms with van der Waals surface area (Å²) in [5.41, 5.74) is 14.1. The molecular weight excluding hydrogens is 663 g/mol. The van der Waals surface area contributed by atoms with Crippen LogP contribution >= 0.6 is 11.3 Å². The van der Waals surface area contributed by atoms with Crippen LogP contribution in [-0.4, -0.2) is 14.1 Å². The van der Waals surface area contributed by atoms with E-state index in [9.17, 15) is 0 Å². The van der Waals surface area contributed by atoms with Crippen LogP contribution in [0.15, 0.2) is 188 Å². The van der Waals surface area contributed by atoms with Gasteiger partial charge in [-0.05, 0) is 113 Å². The van der Waals surface area contributed by atoms with Gasteiger partial charge in [0.1, 0.15) is 5.01 Å². The smallest absolute Gasteiger partial charge is 0.124 e. The lowest BCUT2D eigenvalue weighted by Gasteiger charge is -2.10. The second kappa shape index (κ2) is 11.9. The topological polar surface area (TPSA) is 22.8 Å². The molecule has 8 aromatic carbocycles. The summed E-state index contributed by atoms with van der Waals surface area (Å²) in [6.07, 6.45) is 0. The minimum Gasteiger partial charge on any atom is -0.309 e. The molecule has 0 aliphatic carbocycles. The maximum Gasteiger partial charge on any atom is 0.124 e. The van der Waals surface area contributed by atoms with Crippen molar-refractivity contribution in [1.29, 1.82) is 0 Å². The summed E-state index contributed by atoms with van der Waals surface area (Å²) in [5.74, 6) is 0. The molecule has 0 N–H and O–H groups in total. The molecule has 53 heavy (non-hydrogen) atoms. The molecule has 11 aromatic rings. The summed E-state index contributed by atoms with van der Waals surface area (Å²) >= 11 is 1.74. The Labute approximate surface area is 310 Å². The maximum atomic E-state index is 4.89. The van der Waals surface area contributed by atoms with E-state index in [2.05, 4.69) is 191 Å². The predicted octanol–water partition coefficient (Wildman–Crippen LogP) is 13.5. The standard InChI is InChI=1S/C49H31N3S/c1-2-13-37(14-3-1)51-44-18-7-4-15-39(44)41-30-35(23-27-46(41)51)33-11-10-12-34(29-33)36-24-28-47-42(31-36)40-16-5-8-19-45(40)52(47)38-25-21-32(22-26-38)49-50-43-17-6-9-20-48(43)53-49/h1-31H. The minimum atomic E-state index is 1.05. The normalized spacial score (nSPS) is 11.8.